The average molecular weight is 312 g/mol. The molecule has 0 spiro atoms. The zero-order valence-electron chi connectivity index (χ0n) is 11.1. The summed E-state index contributed by atoms with van der Waals surface area (Å²) in [5, 5.41) is 10.0. The fourth-order valence-corrected chi connectivity index (χ4v) is 2.03. The molecule has 0 aliphatic heterocycles. The number of aromatic nitrogens is 2. The fraction of sp³-hybridized carbons (Fsp3) is 0.231. The van der Waals surface area contributed by atoms with Gasteiger partial charge in [-0.05, 0) is 12.1 Å². The zero-order chi connectivity index (χ0) is 14.5. The maximum absolute atomic E-state index is 5.83. The molecule has 0 aliphatic rings. The van der Waals surface area contributed by atoms with E-state index in [0.717, 1.165) is 22.7 Å². The highest BCUT2D eigenvalue weighted by molar-refractivity contribution is 7.71. The second-order valence-electron chi connectivity index (χ2n) is 3.96. The summed E-state index contributed by atoms with van der Waals surface area (Å²) >= 11 is 11.0. The van der Waals surface area contributed by atoms with Gasteiger partial charge in [0, 0.05) is 24.2 Å². The number of nitrogens with zero attached hydrogens (tertiary/aromatic N) is 1. The summed E-state index contributed by atoms with van der Waals surface area (Å²) < 4.78 is 11.0. The Morgan fingerprint density at radius 1 is 1.30 bits per heavy atom. The smallest absolute Gasteiger partial charge is 0.151 e. The van der Waals surface area contributed by atoms with Crippen LogP contribution in [0.3, 0.4) is 0 Å². The molecule has 2 N–H and O–H groups in total. The number of rotatable bonds is 5. The number of nitrogens with one attached hydrogen (secondary N) is 2. The lowest BCUT2D eigenvalue weighted by Crippen LogP contribution is -2.03. The third kappa shape index (κ3) is 3.40. The summed E-state index contributed by atoms with van der Waals surface area (Å²) in [6.45, 7) is 0.547. The summed E-state index contributed by atoms with van der Waals surface area (Å²) in [6.07, 6.45) is 0. The molecule has 0 radical (unpaired) electrons. The van der Waals surface area contributed by atoms with Crippen molar-refractivity contribution in [2.45, 2.75) is 6.54 Å². The molecule has 0 saturated heterocycles. The van der Waals surface area contributed by atoms with Gasteiger partial charge in [0.05, 0.1) is 19.9 Å². The van der Waals surface area contributed by atoms with Crippen LogP contribution < -0.4 is 14.8 Å². The molecule has 0 fully saturated rings. The molecule has 0 unspecified atom stereocenters. The van der Waals surface area contributed by atoms with Gasteiger partial charge < -0.3 is 14.8 Å². The van der Waals surface area contributed by atoms with Gasteiger partial charge >= 0.3 is 0 Å². The van der Waals surface area contributed by atoms with Crippen molar-refractivity contribution >= 4 is 29.5 Å². The highest BCUT2D eigenvalue weighted by atomic mass is 35.5. The van der Waals surface area contributed by atoms with E-state index < -0.39 is 0 Å². The van der Waals surface area contributed by atoms with Gasteiger partial charge in [-0.3, -0.25) is 5.10 Å². The molecule has 20 heavy (non-hydrogen) atoms. The predicted molar refractivity (Wildman–Crippen MR) is 81.3 cm³/mol. The second-order valence-corrected chi connectivity index (χ2v) is 4.76. The molecule has 0 bridgehead atoms. The van der Waals surface area contributed by atoms with Crippen LogP contribution in [0.15, 0.2) is 24.3 Å². The van der Waals surface area contributed by atoms with Crippen molar-refractivity contribution in [3.05, 3.63) is 39.6 Å². The van der Waals surface area contributed by atoms with Gasteiger partial charge in [-0.2, -0.15) is 5.10 Å². The highest BCUT2D eigenvalue weighted by Gasteiger charge is 2.06. The molecule has 0 amide bonds. The first-order valence-corrected chi connectivity index (χ1v) is 6.62. The Kier molecular flexibility index (Phi) is 4.81. The van der Waals surface area contributed by atoms with E-state index in [4.69, 9.17) is 33.3 Å². The molecule has 2 aromatic rings. The lowest BCUT2D eigenvalue weighted by Gasteiger charge is -2.12. The van der Waals surface area contributed by atoms with Gasteiger partial charge in [0.1, 0.15) is 16.1 Å². The summed E-state index contributed by atoms with van der Waals surface area (Å²) in [5.74, 6) is 1.49. The van der Waals surface area contributed by atoms with Crippen LogP contribution in [0.4, 0.5) is 5.69 Å². The quantitative estimate of drug-likeness (QED) is 0.829. The first kappa shape index (κ1) is 14.6. The largest absolute Gasteiger partial charge is 0.497 e. The molecule has 1 heterocycles. The lowest BCUT2D eigenvalue weighted by atomic mass is 10.2. The van der Waals surface area contributed by atoms with Crippen molar-refractivity contribution in [1.82, 2.24) is 10.2 Å². The van der Waals surface area contributed by atoms with Gasteiger partial charge in [0.15, 0.2) is 5.15 Å². The molecule has 1 aromatic heterocycles. The summed E-state index contributed by atoms with van der Waals surface area (Å²) in [5.41, 5.74) is 1.70. The van der Waals surface area contributed by atoms with Crippen molar-refractivity contribution in [3.8, 4) is 11.5 Å². The minimum atomic E-state index is 0.350. The van der Waals surface area contributed by atoms with E-state index in [1.807, 2.05) is 18.2 Å². The molecule has 1 aromatic carbocycles. The molecule has 2 rings (SSSR count). The Labute approximate surface area is 126 Å². The van der Waals surface area contributed by atoms with E-state index in [0.29, 0.717) is 16.3 Å². The van der Waals surface area contributed by atoms with Crippen molar-refractivity contribution in [1.29, 1.82) is 0 Å². The predicted octanol–water partition coefficient (Wildman–Crippen LogP) is 3.42. The molecule has 0 atom stereocenters. The number of H-pyrrole nitrogens is 1. The molecule has 7 heteroatoms. The minimum Gasteiger partial charge on any atom is -0.497 e. The topological polar surface area (TPSA) is 59.2 Å². The minimum absolute atomic E-state index is 0.350. The Bertz CT molecular complexity index is 660. The van der Waals surface area contributed by atoms with Crippen molar-refractivity contribution in [3.63, 3.8) is 0 Å². The van der Waals surface area contributed by atoms with E-state index in [-0.39, 0.29) is 0 Å². The number of halogens is 1. The standard InChI is InChI=1S/C13H14ClN3O2S/c1-18-9-4-3-8(11(5-9)19-2)7-15-10-6-12(14)16-17-13(10)20/h3-6H,7H2,1-2H3,(H,15,16)(H,17,20). The first-order chi connectivity index (χ1) is 9.63. The van der Waals surface area contributed by atoms with Crippen LogP contribution in [0.5, 0.6) is 11.5 Å². The molecule has 0 saturated carbocycles. The second kappa shape index (κ2) is 6.58. The molecule has 106 valence electrons. The number of hydrogen-bond donors (Lipinski definition) is 2. The van der Waals surface area contributed by atoms with Crippen LogP contribution >= 0.6 is 23.8 Å². The van der Waals surface area contributed by atoms with E-state index in [1.54, 1.807) is 20.3 Å². The van der Waals surface area contributed by atoms with Crippen LogP contribution in [-0.4, -0.2) is 24.4 Å². The molecular formula is C13H14ClN3O2S. The van der Waals surface area contributed by atoms with Gasteiger partial charge in [0.2, 0.25) is 0 Å². The zero-order valence-corrected chi connectivity index (χ0v) is 12.6. The Hall–Kier alpha value is -1.79. The van der Waals surface area contributed by atoms with Crippen molar-refractivity contribution < 1.29 is 9.47 Å². The maximum atomic E-state index is 5.83. The van der Waals surface area contributed by atoms with Crippen LogP contribution in [0.25, 0.3) is 0 Å². The number of aromatic amines is 1. The maximum Gasteiger partial charge on any atom is 0.151 e. The Morgan fingerprint density at radius 3 is 2.80 bits per heavy atom. The van der Waals surface area contributed by atoms with E-state index in [2.05, 4.69) is 15.5 Å². The fourth-order valence-electron chi connectivity index (χ4n) is 1.70. The SMILES string of the molecule is COc1ccc(CNc2cc(Cl)n[nH]c2=S)c(OC)c1. The van der Waals surface area contributed by atoms with Gasteiger partial charge in [-0.1, -0.05) is 23.8 Å². The highest BCUT2D eigenvalue weighted by Crippen LogP contribution is 2.25. The number of hydrogen-bond acceptors (Lipinski definition) is 5. The normalized spacial score (nSPS) is 10.2. The number of benzene rings is 1. The van der Waals surface area contributed by atoms with Gasteiger partial charge in [0.25, 0.3) is 0 Å². The van der Waals surface area contributed by atoms with E-state index >= 15 is 0 Å². The molecule has 0 aliphatic carbocycles. The summed E-state index contributed by atoms with van der Waals surface area (Å²) in [7, 11) is 3.23. The van der Waals surface area contributed by atoms with Crippen LogP contribution in [-0.2, 0) is 6.54 Å². The van der Waals surface area contributed by atoms with Crippen molar-refractivity contribution in [2.75, 3.05) is 19.5 Å². The van der Waals surface area contributed by atoms with E-state index in [1.165, 1.54) is 0 Å². The van der Waals surface area contributed by atoms with Crippen LogP contribution in [0.2, 0.25) is 5.15 Å². The number of anilines is 1. The van der Waals surface area contributed by atoms with Crippen LogP contribution in [0.1, 0.15) is 5.56 Å². The first-order valence-electron chi connectivity index (χ1n) is 5.84. The number of ether oxygens (including phenoxy) is 2. The average Bonchev–Trinajstić information content (AvgIpc) is 2.48. The molecular weight excluding hydrogens is 298 g/mol. The van der Waals surface area contributed by atoms with Gasteiger partial charge in [-0.15, -0.1) is 0 Å². The van der Waals surface area contributed by atoms with Crippen LogP contribution in [0, 0.1) is 4.64 Å². The Balaban J connectivity index is 2.18. The monoisotopic (exact) mass is 311 g/mol. The van der Waals surface area contributed by atoms with Gasteiger partial charge in [-0.25, -0.2) is 0 Å². The lowest BCUT2D eigenvalue weighted by molar-refractivity contribution is 0.391. The molecule has 5 nitrogen and oxygen atoms in total. The number of methoxy groups -OCH3 is 2. The summed E-state index contributed by atoms with van der Waals surface area (Å²) in [4.78, 5) is 0. The van der Waals surface area contributed by atoms with E-state index in [9.17, 15) is 0 Å². The third-order valence-electron chi connectivity index (χ3n) is 2.74. The Morgan fingerprint density at radius 2 is 2.10 bits per heavy atom. The third-order valence-corrected chi connectivity index (χ3v) is 3.24. The summed E-state index contributed by atoms with van der Waals surface area (Å²) in [6, 6.07) is 7.31. The van der Waals surface area contributed by atoms with Crippen molar-refractivity contribution in [2.24, 2.45) is 0 Å².